The molecule has 82 valence electrons. The maximum Gasteiger partial charge on any atom is 0.139 e. The number of para-hydroxylation sites is 1. The molecule has 1 aliphatic heterocycles. The average Bonchev–Trinajstić information content (AvgIpc) is 2.63. The third-order valence-corrected chi connectivity index (χ3v) is 2.92. The Balaban J connectivity index is 2.07. The fourth-order valence-corrected chi connectivity index (χ4v) is 2.18. The van der Waals surface area contributed by atoms with Crippen LogP contribution in [0.5, 0.6) is 5.75 Å². The molecule has 0 bridgehead atoms. The second-order valence-electron chi connectivity index (χ2n) is 3.98. The van der Waals surface area contributed by atoms with Gasteiger partial charge in [-0.3, -0.25) is 0 Å². The van der Waals surface area contributed by atoms with Crippen LogP contribution in [0.15, 0.2) is 18.2 Å². The first kappa shape index (κ1) is 10.3. The Morgan fingerprint density at radius 1 is 1.47 bits per heavy atom. The summed E-state index contributed by atoms with van der Waals surface area (Å²) in [6.07, 6.45) is 2.17. The molecule has 1 heterocycles. The van der Waals surface area contributed by atoms with E-state index in [1.165, 1.54) is 5.56 Å². The fourth-order valence-electron chi connectivity index (χ4n) is 2.18. The summed E-state index contributed by atoms with van der Waals surface area (Å²) in [6, 6.07) is 5.80. The zero-order valence-electron chi connectivity index (χ0n) is 9.16. The molecule has 2 N–H and O–H groups in total. The molecule has 0 amide bonds. The standard InChI is InChI=1S/C12H18N2O/c1-13-7-3-8-14-9-6-10-4-2-5-11(15)12(10)14/h2,4-5,13,15H,3,6-9H2,1H3. The van der Waals surface area contributed by atoms with Crippen molar-refractivity contribution >= 4 is 5.69 Å². The number of aromatic hydroxyl groups is 1. The number of hydrogen-bond acceptors (Lipinski definition) is 3. The Kier molecular flexibility index (Phi) is 3.11. The van der Waals surface area contributed by atoms with Gasteiger partial charge in [-0.25, -0.2) is 0 Å². The Morgan fingerprint density at radius 3 is 3.13 bits per heavy atom. The van der Waals surface area contributed by atoms with E-state index in [4.69, 9.17) is 0 Å². The number of anilines is 1. The van der Waals surface area contributed by atoms with Crippen LogP contribution < -0.4 is 10.2 Å². The van der Waals surface area contributed by atoms with Gasteiger partial charge in [-0.2, -0.15) is 0 Å². The third kappa shape index (κ3) is 2.07. The van der Waals surface area contributed by atoms with Crippen LogP contribution in [0.25, 0.3) is 0 Å². The van der Waals surface area contributed by atoms with E-state index in [0.29, 0.717) is 5.75 Å². The predicted molar refractivity (Wildman–Crippen MR) is 62.6 cm³/mol. The molecular weight excluding hydrogens is 188 g/mol. The predicted octanol–water partition coefficient (Wildman–Crippen LogP) is 1.36. The van der Waals surface area contributed by atoms with Crippen LogP contribution in [0.3, 0.4) is 0 Å². The SMILES string of the molecule is CNCCCN1CCc2cccc(O)c21. The lowest BCUT2D eigenvalue weighted by molar-refractivity contribution is 0.474. The minimum absolute atomic E-state index is 0.425. The van der Waals surface area contributed by atoms with Crippen molar-refractivity contribution in [2.24, 2.45) is 0 Å². The third-order valence-electron chi connectivity index (χ3n) is 2.92. The lowest BCUT2D eigenvalue weighted by Gasteiger charge is -2.19. The molecule has 1 aromatic carbocycles. The molecule has 0 aliphatic carbocycles. The van der Waals surface area contributed by atoms with Gasteiger partial charge in [0.1, 0.15) is 5.75 Å². The second-order valence-corrected chi connectivity index (χ2v) is 3.98. The molecular formula is C12H18N2O. The molecule has 0 unspecified atom stereocenters. The summed E-state index contributed by atoms with van der Waals surface area (Å²) < 4.78 is 0. The van der Waals surface area contributed by atoms with Crippen molar-refractivity contribution in [3.8, 4) is 5.75 Å². The number of fused-ring (bicyclic) bond motifs is 1. The molecule has 3 heteroatoms. The van der Waals surface area contributed by atoms with Crippen molar-refractivity contribution in [2.45, 2.75) is 12.8 Å². The van der Waals surface area contributed by atoms with Crippen molar-refractivity contribution in [1.82, 2.24) is 5.32 Å². The number of phenols is 1. The van der Waals surface area contributed by atoms with Crippen LogP contribution in [0.1, 0.15) is 12.0 Å². The van der Waals surface area contributed by atoms with E-state index >= 15 is 0 Å². The molecule has 0 aromatic heterocycles. The van der Waals surface area contributed by atoms with Crippen LogP contribution in [0.2, 0.25) is 0 Å². The Morgan fingerprint density at radius 2 is 2.33 bits per heavy atom. The molecule has 15 heavy (non-hydrogen) atoms. The van der Waals surface area contributed by atoms with E-state index in [1.807, 2.05) is 13.1 Å². The first-order chi connectivity index (χ1) is 7.33. The fraction of sp³-hybridized carbons (Fsp3) is 0.500. The van der Waals surface area contributed by atoms with Gasteiger partial charge in [0.05, 0.1) is 5.69 Å². The molecule has 1 aromatic rings. The maximum atomic E-state index is 9.80. The van der Waals surface area contributed by atoms with Crippen molar-refractivity contribution in [3.05, 3.63) is 23.8 Å². The number of hydrogen-bond donors (Lipinski definition) is 2. The highest BCUT2D eigenvalue weighted by Gasteiger charge is 2.21. The topological polar surface area (TPSA) is 35.5 Å². The minimum atomic E-state index is 0.425. The zero-order valence-corrected chi connectivity index (χ0v) is 9.16. The zero-order chi connectivity index (χ0) is 10.7. The van der Waals surface area contributed by atoms with Gasteiger partial charge < -0.3 is 15.3 Å². The quantitative estimate of drug-likeness (QED) is 0.730. The summed E-state index contributed by atoms with van der Waals surface area (Å²) in [5.74, 6) is 0.425. The van der Waals surface area contributed by atoms with Crippen LogP contribution >= 0.6 is 0 Å². The number of rotatable bonds is 4. The van der Waals surface area contributed by atoms with Gasteiger partial charge in [-0.05, 0) is 38.1 Å². The van der Waals surface area contributed by atoms with Crippen LogP contribution in [-0.4, -0.2) is 31.8 Å². The number of nitrogens with one attached hydrogen (secondary N) is 1. The average molecular weight is 206 g/mol. The van der Waals surface area contributed by atoms with Gasteiger partial charge in [0, 0.05) is 13.1 Å². The maximum absolute atomic E-state index is 9.80. The van der Waals surface area contributed by atoms with E-state index in [9.17, 15) is 5.11 Å². The highest BCUT2D eigenvalue weighted by molar-refractivity contribution is 5.66. The lowest BCUT2D eigenvalue weighted by Crippen LogP contribution is -2.24. The number of nitrogens with zero attached hydrogens (tertiary/aromatic N) is 1. The molecule has 0 spiro atoms. The van der Waals surface area contributed by atoms with Gasteiger partial charge in [0.2, 0.25) is 0 Å². The van der Waals surface area contributed by atoms with E-state index in [-0.39, 0.29) is 0 Å². The summed E-state index contributed by atoms with van der Waals surface area (Å²) in [4.78, 5) is 2.28. The van der Waals surface area contributed by atoms with Gasteiger partial charge in [-0.15, -0.1) is 0 Å². The van der Waals surface area contributed by atoms with E-state index in [1.54, 1.807) is 6.07 Å². The van der Waals surface area contributed by atoms with E-state index in [2.05, 4.69) is 16.3 Å². The van der Waals surface area contributed by atoms with Crippen molar-refractivity contribution in [2.75, 3.05) is 31.6 Å². The molecule has 0 saturated heterocycles. The second kappa shape index (κ2) is 4.53. The van der Waals surface area contributed by atoms with Gasteiger partial charge >= 0.3 is 0 Å². The molecule has 0 saturated carbocycles. The van der Waals surface area contributed by atoms with Crippen molar-refractivity contribution in [1.29, 1.82) is 0 Å². The molecule has 0 atom stereocenters. The van der Waals surface area contributed by atoms with Gasteiger partial charge in [-0.1, -0.05) is 12.1 Å². The number of phenolic OH excluding ortho intramolecular Hbond substituents is 1. The Bertz CT molecular complexity index is 338. The van der Waals surface area contributed by atoms with Crippen molar-refractivity contribution in [3.63, 3.8) is 0 Å². The molecule has 0 radical (unpaired) electrons. The highest BCUT2D eigenvalue weighted by atomic mass is 16.3. The van der Waals surface area contributed by atoms with Gasteiger partial charge in [0.15, 0.2) is 0 Å². The summed E-state index contributed by atoms with van der Waals surface area (Å²) in [6.45, 7) is 3.08. The highest BCUT2D eigenvalue weighted by Crippen LogP contribution is 2.35. The van der Waals surface area contributed by atoms with Crippen LogP contribution in [0.4, 0.5) is 5.69 Å². The lowest BCUT2D eigenvalue weighted by atomic mass is 10.1. The first-order valence-electron chi connectivity index (χ1n) is 5.53. The Hall–Kier alpha value is -1.22. The van der Waals surface area contributed by atoms with Crippen LogP contribution in [-0.2, 0) is 6.42 Å². The molecule has 1 aliphatic rings. The largest absolute Gasteiger partial charge is 0.506 e. The minimum Gasteiger partial charge on any atom is -0.506 e. The summed E-state index contributed by atoms with van der Waals surface area (Å²) in [5.41, 5.74) is 2.33. The normalized spacial score (nSPS) is 14.3. The van der Waals surface area contributed by atoms with E-state index < -0.39 is 0 Å². The summed E-state index contributed by atoms with van der Waals surface area (Å²) >= 11 is 0. The van der Waals surface area contributed by atoms with Gasteiger partial charge in [0.25, 0.3) is 0 Å². The molecule has 0 fully saturated rings. The number of benzene rings is 1. The van der Waals surface area contributed by atoms with E-state index in [0.717, 1.165) is 38.2 Å². The molecule has 2 rings (SSSR count). The van der Waals surface area contributed by atoms with Crippen molar-refractivity contribution < 1.29 is 5.11 Å². The monoisotopic (exact) mass is 206 g/mol. The summed E-state index contributed by atoms with van der Waals surface area (Å²) in [5, 5.41) is 12.9. The van der Waals surface area contributed by atoms with Crippen LogP contribution in [0, 0.1) is 0 Å². The smallest absolute Gasteiger partial charge is 0.139 e. The molecule has 3 nitrogen and oxygen atoms in total. The first-order valence-corrected chi connectivity index (χ1v) is 5.53. The summed E-state index contributed by atoms with van der Waals surface area (Å²) in [7, 11) is 1.97. The Labute approximate surface area is 90.7 Å².